The number of allylic oxidation sites excluding steroid dienone is 1. The molecule has 4 heteroatoms. The van der Waals surface area contributed by atoms with Gasteiger partial charge in [-0.1, -0.05) is 103 Å². The highest BCUT2D eigenvalue weighted by molar-refractivity contribution is 6.07. The van der Waals surface area contributed by atoms with E-state index in [1.54, 1.807) is 0 Å². The van der Waals surface area contributed by atoms with E-state index in [2.05, 4.69) is 65.6 Å². The maximum atomic E-state index is 14.1. The largest absolute Gasteiger partial charge is 0.342 e. The summed E-state index contributed by atoms with van der Waals surface area (Å²) in [6.07, 6.45) is 7.26. The Bertz CT molecular complexity index is 1590. The van der Waals surface area contributed by atoms with Gasteiger partial charge in [-0.05, 0) is 52.8 Å². The molecule has 4 nitrogen and oxygen atoms in total. The predicted molar refractivity (Wildman–Crippen MR) is 160 cm³/mol. The predicted octanol–water partition coefficient (Wildman–Crippen LogP) is 6.67. The summed E-state index contributed by atoms with van der Waals surface area (Å²) in [5.41, 5.74) is 4.66. The first-order chi connectivity index (χ1) is 19.6. The van der Waals surface area contributed by atoms with Gasteiger partial charge in [-0.25, -0.2) is 0 Å². The van der Waals surface area contributed by atoms with Crippen molar-refractivity contribution in [2.24, 2.45) is 5.92 Å². The molecular formula is C36H34N2O2. The van der Waals surface area contributed by atoms with Crippen LogP contribution in [0.3, 0.4) is 0 Å². The van der Waals surface area contributed by atoms with Crippen LogP contribution in [0.4, 0.5) is 0 Å². The normalized spacial score (nSPS) is 21.5. The Morgan fingerprint density at radius 1 is 0.725 bits per heavy atom. The molecular weight excluding hydrogens is 492 g/mol. The number of carbonyl (C=O) groups is 2. The van der Waals surface area contributed by atoms with Crippen LogP contribution in [0.15, 0.2) is 103 Å². The van der Waals surface area contributed by atoms with Gasteiger partial charge in [0, 0.05) is 43.1 Å². The molecule has 2 atom stereocenters. The maximum Gasteiger partial charge on any atom is 0.254 e. The van der Waals surface area contributed by atoms with Crippen molar-refractivity contribution in [3.63, 3.8) is 0 Å². The first-order valence-electron chi connectivity index (χ1n) is 14.5. The lowest BCUT2D eigenvalue weighted by Crippen LogP contribution is -2.51. The van der Waals surface area contributed by atoms with E-state index in [9.17, 15) is 9.59 Å². The molecule has 2 aliphatic heterocycles. The summed E-state index contributed by atoms with van der Waals surface area (Å²) in [6.45, 7) is 2.59. The Hall–Kier alpha value is -4.18. The molecule has 2 unspecified atom stereocenters. The highest BCUT2D eigenvalue weighted by Gasteiger charge is 2.42. The fraction of sp³-hybridized carbons (Fsp3) is 0.278. The zero-order valence-corrected chi connectivity index (χ0v) is 22.7. The topological polar surface area (TPSA) is 40.6 Å². The minimum atomic E-state index is -0.210. The second-order valence-electron chi connectivity index (χ2n) is 11.7. The van der Waals surface area contributed by atoms with E-state index in [0.717, 1.165) is 43.1 Å². The summed E-state index contributed by atoms with van der Waals surface area (Å²) in [5, 5.41) is 2.02. The van der Waals surface area contributed by atoms with Crippen LogP contribution in [0.5, 0.6) is 0 Å². The van der Waals surface area contributed by atoms with Crippen LogP contribution in [0.2, 0.25) is 0 Å². The molecule has 7 rings (SSSR count). The fourth-order valence-corrected chi connectivity index (χ4v) is 7.25. The van der Waals surface area contributed by atoms with Crippen LogP contribution in [-0.2, 0) is 10.2 Å². The summed E-state index contributed by atoms with van der Waals surface area (Å²) < 4.78 is 0. The first kappa shape index (κ1) is 24.8. The van der Waals surface area contributed by atoms with Crippen LogP contribution in [0.1, 0.15) is 52.2 Å². The molecule has 1 aliphatic carbocycles. The molecule has 3 aliphatic rings. The zero-order chi connectivity index (χ0) is 27.1. The molecule has 2 saturated heterocycles. The number of carbonyl (C=O) groups excluding carboxylic acids is 2. The van der Waals surface area contributed by atoms with Crippen molar-refractivity contribution in [2.75, 3.05) is 26.2 Å². The summed E-state index contributed by atoms with van der Waals surface area (Å²) >= 11 is 0. The molecule has 1 spiro atoms. The number of nitrogens with zero attached hydrogens (tertiary/aromatic N) is 2. The van der Waals surface area contributed by atoms with E-state index in [1.165, 1.54) is 16.7 Å². The summed E-state index contributed by atoms with van der Waals surface area (Å²) in [7, 11) is 0. The zero-order valence-electron chi connectivity index (χ0n) is 22.7. The van der Waals surface area contributed by atoms with E-state index < -0.39 is 0 Å². The minimum absolute atomic E-state index is 0.0144. The van der Waals surface area contributed by atoms with Gasteiger partial charge in [0.1, 0.15) is 0 Å². The van der Waals surface area contributed by atoms with Gasteiger partial charge in [0.2, 0.25) is 5.91 Å². The number of fused-ring (bicyclic) bond motifs is 3. The molecule has 2 amide bonds. The van der Waals surface area contributed by atoms with Gasteiger partial charge in [0.25, 0.3) is 5.91 Å². The Kier molecular flexibility index (Phi) is 6.27. The van der Waals surface area contributed by atoms with Crippen LogP contribution < -0.4 is 0 Å². The monoisotopic (exact) mass is 526 g/mol. The number of piperidine rings is 2. The number of rotatable bonds is 3. The number of hydrogen-bond donors (Lipinski definition) is 0. The van der Waals surface area contributed by atoms with Gasteiger partial charge in [-0.15, -0.1) is 0 Å². The Labute approximate surface area is 235 Å². The van der Waals surface area contributed by atoms with Gasteiger partial charge in [-0.3, -0.25) is 9.59 Å². The lowest BCUT2D eigenvalue weighted by Gasteiger charge is -2.43. The molecule has 2 fully saturated rings. The van der Waals surface area contributed by atoms with E-state index >= 15 is 0 Å². The molecule has 0 aromatic heterocycles. The molecule has 0 saturated carbocycles. The van der Waals surface area contributed by atoms with E-state index in [0.29, 0.717) is 18.7 Å². The third-order valence-electron chi connectivity index (χ3n) is 9.42. The van der Waals surface area contributed by atoms with Gasteiger partial charge in [-0.2, -0.15) is 0 Å². The van der Waals surface area contributed by atoms with Crippen LogP contribution >= 0.6 is 0 Å². The Morgan fingerprint density at radius 2 is 1.45 bits per heavy atom. The van der Waals surface area contributed by atoms with Crippen LogP contribution in [-0.4, -0.2) is 47.8 Å². The van der Waals surface area contributed by atoms with Gasteiger partial charge < -0.3 is 9.80 Å². The first-order valence-corrected chi connectivity index (χ1v) is 14.5. The van der Waals surface area contributed by atoms with Gasteiger partial charge in [0.05, 0.1) is 5.92 Å². The molecule has 0 N–H and O–H groups in total. The minimum Gasteiger partial charge on any atom is -0.342 e. The van der Waals surface area contributed by atoms with E-state index in [1.807, 2.05) is 53.4 Å². The van der Waals surface area contributed by atoms with Crippen molar-refractivity contribution in [2.45, 2.75) is 30.6 Å². The van der Waals surface area contributed by atoms with Crippen molar-refractivity contribution < 1.29 is 9.59 Å². The van der Waals surface area contributed by atoms with Crippen LogP contribution in [0, 0.1) is 5.92 Å². The summed E-state index contributed by atoms with van der Waals surface area (Å²) in [6, 6.07) is 33.0. The van der Waals surface area contributed by atoms with Crippen molar-refractivity contribution in [1.29, 1.82) is 0 Å². The van der Waals surface area contributed by atoms with Gasteiger partial charge in [0.15, 0.2) is 0 Å². The number of benzene rings is 4. The smallest absolute Gasteiger partial charge is 0.254 e. The third kappa shape index (κ3) is 4.32. The van der Waals surface area contributed by atoms with Crippen LogP contribution in [0.25, 0.3) is 16.8 Å². The Balaban J connectivity index is 1.14. The highest BCUT2D eigenvalue weighted by atomic mass is 16.2. The second-order valence-corrected chi connectivity index (χ2v) is 11.7. The van der Waals surface area contributed by atoms with Crippen molar-refractivity contribution in [1.82, 2.24) is 9.80 Å². The molecule has 0 radical (unpaired) electrons. The molecule has 4 aromatic rings. The lowest BCUT2D eigenvalue weighted by molar-refractivity contribution is -0.138. The average Bonchev–Trinajstić information content (AvgIpc) is 3.38. The Morgan fingerprint density at radius 3 is 2.30 bits per heavy atom. The molecule has 4 aromatic carbocycles. The second kappa shape index (κ2) is 10.1. The maximum absolute atomic E-state index is 14.1. The lowest BCUT2D eigenvalue weighted by atomic mass is 9.74. The summed E-state index contributed by atoms with van der Waals surface area (Å²) in [5.74, 6) is 0.129. The standard InChI is InChI=1S/C36H34N2O2/c39-34(37-21-19-36(20-22-37)18-17-28-12-5-7-16-33(28)36)30-23-29(26-9-2-1-3-10-26)24-38(25-30)35(40)32-15-8-13-27-11-4-6-14-31(27)32/h1-18,29-30H,19-25H2. The summed E-state index contributed by atoms with van der Waals surface area (Å²) in [4.78, 5) is 32.1. The van der Waals surface area contributed by atoms with Crippen molar-refractivity contribution in [3.8, 4) is 0 Å². The number of hydrogen-bond acceptors (Lipinski definition) is 2. The molecule has 40 heavy (non-hydrogen) atoms. The van der Waals surface area contributed by atoms with E-state index in [4.69, 9.17) is 0 Å². The highest BCUT2D eigenvalue weighted by Crippen LogP contribution is 2.44. The van der Waals surface area contributed by atoms with Gasteiger partial charge >= 0.3 is 0 Å². The van der Waals surface area contributed by atoms with Crippen molar-refractivity contribution >= 4 is 28.7 Å². The fourth-order valence-electron chi connectivity index (χ4n) is 7.25. The quantitative estimate of drug-likeness (QED) is 0.299. The third-order valence-corrected chi connectivity index (χ3v) is 9.42. The molecule has 0 bridgehead atoms. The van der Waals surface area contributed by atoms with E-state index in [-0.39, 0.29) is 29.1 Å². The average molecular weight is 527 g/mol. The molecule has 200 valence electrons. The SMILES string of the molecule is O=C(c1cccc2ccccc12)N1CC(C(=O)N2CCC3(C=Cc4ccccc43)CC2)CC(c2ccccc2)C1. The molecule has 2 heterocycles. The number of likely N-dealkylation sites (tertiary alicyclic amines) is 2. The number of amides is 2. The van der Waals surface area contributed by atoms with Crippen molar-refractivity contribution in [3.05, 3.63) is 125 Å².